The molecule has 9 heteroatoms. The van der Waals surface area contributed by atoms with Crippen molar-refractivity contribution >= 4 is 11.8 Å². The summed E-state index contributed by atoms with van der Waals surface area (Å²) in [4.78, 5) is 7.51. The highest BCUT2D eigenvalue weighted by atomic mass is 19.4. The third-order valence-corrected chi connectivity index (χ3v) is 3.29. The van der Waals surface area contributed by atoms with Gasteiger partial charge in [0.05, 0.1) is 7.11 Å². The lowest BCUT2D eigenvalue weighted by Gasteiger charge is -2.13. The van der Waals surface area contributed by atoms with Gasteiger partial charge in [-0.05, 0) is 12.5 Å². The molecule has 25 heavy (non-hydrogen) atoms. The molecule has 0 amide bonds. The molecule has 0 bridgehead atoms. The number of nitrogens with zero attached hydrogens (tertiary/aromatic N) is 2. The molecule has 2 rings (SSSR count). The molecular formula is C16H19F3N4O2. The largest absolute Gasteiger partial charge is 0.496 e. The van der Waals surface area contributed by atoms with Crippen LogP contribution >= 0.6 is 0 Å². The van der Waals surface area contributed by atoms with Gasteiger partial charge in [-0.25, -0.2) is 4.98 Å². The Balaban J connectivity index is 2.19. The van der Waals surface area contributed by atoms with Gasteiger partial charge in [0, 0.05) is 31.3 Å². The van der Waals surface area contributed by atoms with Gasteiger partial charge in [-0.3, -0.25) is 0 Å². The van der Waals surface area contributed by atoms with Crippen molar-refractivity contribution in [2.24, 2.45) is 0 Å². The first-order chi connectivity index (χ1) is 11.9. The maximum atomic E-state index is 13.0. The van der Waals surface area contributed by atoms with Crippen molar-refractivity contribution < 1.29 is 23.0 Å². The highest BCUT2D eigenvalue weighted by molar-refractivity contribution is 5.45. The molecule has 1 aromatic heterocycles. The van der Waals surface area contributed by atoms with Gasteiger partial charge in [0.15, 0.2) is 5.69 Å². The van der Waals surface area contributed by atoms with Crippen LogP contribution in [0.4, 0.5) is 24.9 Å². The predicted octanol–water partition coefficient (Wildman–Crippen LogP) is 2.91. The Hall–Kier alpha value is -2.55. The predicted molar refractivity (Wildman–Crippen MR) is 87.5 cm³/mol. The lowest BCUT2D eigenvalue weighted by atomic mass is 10.2. The molecule has 136 valence electrons. The first-order valence-electron chi connectivity index (χ1n) is 7.61. The number of aliphatic hydroxyl groups excluding tert-OH is 1. The first-order valence-corrected chi connectivity index (χ1v) is 7.61. The Bertz CT molecular complexity index is 695. The van der Waals surface area contributed by atoms with E-state index in [9.17, 15) is 13.2 Å². The van der Waals surface area contributed by atoms with Crippen molar-refractivity contribution in [2.75, 3.05) is 30.9 Å². The number of nitrogens with one attached hydrogen (secondary N) is 2. The standard InChI is InChI=1S/C16H19F3N4O2/c1-25-12-6-3-2-5-11(12)10-21-14-9-13(16(17,18)19)22-15(23-14)20-7-4-8-24/h2-3,5-6,9,24H,4,7-8,10H2,1H3,(H2,20,21,22,23). The minimum absolute atomic E-state index is 0.0414. The van der Waals surface area contributed by atoms with Crippen LogP contribution in [0.1, 0.15) is 17.7 Å². The van der Waals surface area contributed by atoms with Crippen molar-refractivity contribution in [1.29, 1.82) is 0 Å². The number of methoxy groups -OCH3 is 1. The molecule has 0 fully saturated rings. The molecule has 0 aliphatic rings. The van der Waals surface area contributed by atoms with Crippen LogP contribution in [0.25, 0.3) is 0 Å². The molecular weight excluding hydrogens is 337 g/mol. The molecule has 0 saturated carbocycles. The molecule has 1 aromatic carbocycles. The Morgan fingerprint density at radius 1 is 1.16 bits per heavy atom. The van der Waals surface area contributed by atoms with Gasteiger partial charge >= 0.3 is 6.18 Å². The minimum atomic E-state index is -4.59. The summed E-state index contributed by atoms with van der Waals surface area (Å²) in [6.45, 7) is 0.434. The van der Waals surface area contributed by atoms with Gasteiger partial charge in [-0.1, -0.05) is 18.2 Å². The number of alkyl halides is 3. The van der Waals surface area contributed by atoms with Crippen LogP contribution in [0, 0.1) is 0 Å². The van der Waals surface area contributed by atoms with Crippen molar-refractivity contribution in [3.63, 3.8) is 0 Å². The first kappa shape index (κ1) is 18.8. The Morgan fingerprint density at radius 2 is 1.92 bits per heavy atom. The summed E-state index contributed by atoms with van der Waals surface area (Å²) in [5, 5.41) is 14.3. The van der Waals surface area contributed by atoms with Gasteiger partial charge < -0.3 is 20.5 Å². The second kappa shape index (κ2) is 8.52. The van der Waals surface area contributed by atoms with E-state index in [0.717, 1.165) is 11.6 Å². The molecule has 0 saturated heterocycles. The number of benzene rings is 1. The fourth-order valence-corrected chi connectivity index (χ4v) is 2.08. The van der Waals surface area contributed by atoms with E-state index in [4.69, 9.17) is 9.84 Å². The maximum absolute atomic E-state index is 13.0. The highest BCUT2D eigenvalue weighted by Crippen LogP contribution is 2.30. The van der Waals surface area contributed by atoms with E-state index >= 15 is 0 Å². The third kappa shape index (κ3) is 5.49. The topological polar surface area (TPSA) is 79.3 Å². The van der Waals surface area contributed by atoms with Crippen LogP contribution in [-0.4, -0.2) is 35.3 Å². The number of aliphatic hydroxyl groups is 1. The Labute approximate surface area is 143 Å². The zero-order valence-corrected chi connectivity index (χ0v) is 13.6. The summed E-state index contributed by atoms with van der Waals surface area (Å²) in [5.74, 6) is 0.520. The molecule has 1 heterocycles. The number of aromatic nitrogens is 2. The molecule has 0 aliphatic heterocycles. The molecule has 0 unspecified atom stereocenters. The highest BCUT2D eigenvalue weighted by Gasteiger charge is 2.33. The Morgan fingerprint density at radius 3 is 2.60 bits per heavy atom. The second-order valence-corrected chi connectivity index (χ2v) is 5.13. The van der Waals surface area contributed by atoms with Gasteiger partial charge in [-0.2, -0.15) is 18.2 Å². The van der Waals surface area contributed by atoms with Crippen LogP contribution in [0.3, 0.4) is 0 Å². The summed E-state index contributed by atoms with van der Waals surface area (Å²) in [6, 6.07) is 8.03. The average Bonchev–Trinajstić information content (AvgIpc) is 2.59. The van der Waals surface area contributed by atoms with Gasteiger partial charge in [0.1, 0.15) is 11.6 Å². The summed E-state index contributed by atoms with van der Waals surface area (Å²) in [5.41, 5.74) is -0.261. The number of hydrogen-bond acceptors (Lipinski definition) is 6. The number of ether oxygens (including phenoxy) is 1. The quantitative estimate of drug-likeness (QED) is 0.631. The van der Waals surface area contributed by atoms with Crippen molar-refractivity contribution in [1.82, 2.24) is 9.97 Å². The fraction of sp³-hybridized carbons (Fsp3) is 0.375. The van der Waals surface area contributed by atoms with Crippen LogP contribution < -0.4 is 15.4 Å². The minimum Gasteiger partial charge on any atom is -0.496 e. The second-order valence-electron chi connectivity index (χ2n) is 5.13. The summed E-state index contributed by atoms with van der Waals surface area (Å²) in [6.07, 6.45) is -4.21. The number of rotatable bonds is 8. The molecule has 3 N–H and O–H groups in total. The van der Waals surface area contributed by atoms with E-state index in [2.05, 4.69) is 20.6 Å². The molecule has 0 spiro atoms. The normalized spacial score (nSPS) is 11.2. The van der Waals surface area contributed by atoms with Gasteiger partial charge in [-0.15, -0.1) is 0 Å². The number of halogens is 3. The van der Waals surface area contributed by atoms with Crippen molar-refractivity contribution in [2.45, 2.75) is 19.1 Å². The maximum Gasteiger partial charge on any atom is 0.433 e. The van der Waals surface area contributed by atoms with E-state index in [0.29, 0.717) is 12.2 Å². The number of para-hydroxylation sites is 1. The molecule has 6 nitrogen and oxygen atoms in total. The molecule has 0 atom stereocenters. The van der Waals surface area contributed by atoms with Gasteiger partial charge in [0.2, 0.25) is 5.95 Å². The van der Waals surface area contributed by atoms with Crippen LogP contribution in [0.5, 0.6) is 5.75 Å². The summed E-state index contributed by atoms with van der Waals surface area (Å²) < 4.78 is 44.2. The lowest BCUT2D eigenvalue weighted by Crippen LogP contribution is -2.15. The van der Waals surface area contributed by atoms with Crippen LogP contribution in [-0.2, 0) is 12.7 Å². The Kier molecular flexibility index (Phi) is 6.40. The zero-order valence-electron chi connectivity index (χ0n) is 13.6. The SMILES string of the molecule is COc1ccccc1CNc1cc(C(F)(F)F)nc(NCCCO)n1. The van der Waals surface area contributed by atoms with Crippen molar-refractivity contribution in [3.05, 3.63) is 41.6 Å². The van der Waals surface area contributed by atoms with Gasteiger partial charge in [0.25, 0.3) is 0 Å². The van der Waals surface area contributed by atoms with E-state index in [1.807, 2.05) is 6.07 Å². The lowest BCUT2D eigenvalue weighted by molar-refractivity contribution is -0.141. The summed E-state index contributed by atoms with van der Waals surface area (Å²) in [7, 11) is 1.52. The van der Waals surface area contributed by atoms with E-state index in [-0.39, 0.29) is 31.5 Å². The van der Waals surface area contributed by atoms with E-state index in [1.54, 1.807) is 18.2 Å². The van der Waals surface area contributed by atoms with E-state index in [1.165, 1.54) is 7.11 Å². The molecule has 2 aromatic rings. The average molecular weight is 356 g/mol. The monoisotopic (exact) mass is 356 g/mol. The molecule has 0 radical (unpaired) electrons. The smallest absolute Gasteiger partial charge is 0.433 e. The zero-order chi connectivity index (χ0) is 18.3. The van der Waals surface area contributed by atoms with Crippen LogP contribution in [0.2, 0.25) is 0 Å². The van der Waals surface area contributed by atoms with E-state index < -0.39 is 11.9 Å². The van der Waals surface area contributed by atoms with Crippen molar-refractivity contribution in [3.8, 4) is 5.75 Å². The number of anilines is 2. The fourth-order valence-electron chi connectivity index (χ4n) is 2.08. The number of hydrogen-bond donors (Lipinski definition) is 3. The third-order valence-electron chi connectivity index (χ3n) is 3.29. The molecule has 0 aliphatic carbocycles. The van der Waals surface area contributed by atoms with Crippen LogP contribution in [0.15, 0.2) is 30.3 Å². The summed E-state index contributed by atoms with van der Waals surface area (Å²) >= 11 is 0.